The Morgan fingerprint density at radius 2 is 2.08 bits per heavy atom. The molecule has 3 N–H and O–H groups in total. The number of hydrogen-bond acceptors (Lipinski definition) is 9. The van der Waals surface area contributed by atoms with Gasteiger partial charge in [0.15, 0.2) is 5.82 Å². The molecule has 5 heterocycles. The predicted octanol–water partition coefficient (Wildman–Crippen LogP) is 4.76. The molecule has 6 rings (SSSR count). The lowest BCUT2D eigenvalue weighted by atomic mass is 9.94. The summed E-state index contributed by atoms with van der Waals surface area (Å²) in [4.78, 5) is 20.3. The van der Waals surface area contributed by atoms with Crippen LogP contribution in [0.3, 0.4) is 0 Å². The van der Waals surface area contributed by atoms with Crippen LogP contribution in [0.25, 0.3) is 16.5 Å². The van der Waals surface area contributed by atoms with Crippen LogP contribution in [0.2, 0.25) is 0 Å². The monoisotopic (exact) mass is 530 g/mol. The number of pyridine rings is 2. The van der Waals surface area contributed by atoms with Gasteiger partial charge >= 0.3 is 6.01 Å². The summed E-state index contributed by atoms with van der Waals surface area (Å²) in [5, 5.41) is 7.57. The molecule has 0 amide bonds. The first-order valence-electron chi connectivity index (χ1n) is 13.1. The quantitative estimate of drug-likeness (QED) is 0.362. The van der Waals surface area contributed by atoms with Gasteiger partial charge in [0.1, 0.15) is 34.8 Å². The van der Waals surface area contributed by atoms with Crippen molar-refractivity contribution in [2.75, 3.05) is 24.4 Å². The minimum Gasteiger partial charge on any atom is -0.475 e. The van der Waals surface area contributed by atoms with Crippen molar-refractivity contribution in [2.45, 2.75) is 52.6 Å². The van der Waals surface area contributed by atoms with Crippen molar-refractivity contribution in [3.05, 3.63) is 58.4 Å². The number of aromatic nitrogens is 6. The molecule has 1 aliphatic carbocycles. The summed E-state index contributed by atoms with van der Waals surface area (Å²) >= 11 is 0. The molecule has 2 aliphatic rings. The van der Waals surface area contributed by atoms with Crippen LogP contribution in [-0.2, 0) is 0 Å². The number of halogens is 1. The Labute approximate surface area is 225 Å². The zero-order valence-corrected chi connectivity index (χ0v) is 22.6. The minimum atomic E-state index is -0.557. The number of allylic oxidation sites excluding steroid dienone is 1. The molecular weight excluding hydrogens is 499 g/mol. The van der Waals surface area contributed by atoms with E-state index in [1.807, 2.05) is 44.7 Å². The average Bonchev–Trinajstić information content (AvgIpc) is 3.72. The Bertz CT molecular complexity index is 1610. The maximum Gasteiger partial charge on any atom is 0.318 e. The molecule has 39 heavy (non-hydrogen) atoms. The van der Waals surface area contributed by atoms with Gasteiger partial charge in [0.05, 0.1) is 25.4 Å². The lowest BCUT2D eigenvalue weighted by Gasteiger charge is -2.34. The largest absolute Gasteiger partial charge is 0.475 e. The summed E-state index contributed by atoms with van der Waals surface area (Å²) < 4.78 is 28.4. The first-order chi connectivity index (χ1) is 18.8. The topological polar surface area (TPSA) is 128 Å². The number of rotatable bonds is 6. The number of nitrogens with two attached hydrogens (primary N) is 1. The van der Waals surface area contributed by atoms with Crippen molar-refractivity contribution in [3.63, 3.8) is 0 Å². The third kappa shape index (κ3) is 4.12. The molecule has 0 saturated heterocycles. The van der Waals surface area contributed by atoms with Crippen LogP contribution in [0, 0.1) is 18.7 Å². The van der Waals surface area contributed by atoms with E-state index in [0.717, 1.165) is 35.2 Å². The number of H-pyrrole nitrogens is 1. The number of aryl methyl sites for hydroxylation is 1. The van der Waals surface area contributed by atoms with Gasteiger partial charge < -0.3 is 20.1 Å². The number of ether oxygens (including phenoxy) is 2. The normalized spacial score (nSPS) is 18.4. The van der Waals surface area contributed by atoms with Gasteiger partial charge in [-0.1, -0.05) is 11.6 Å². The third-order valence-electron chi connectivity index (χ3n) is 7.73. The van der Waals surface area contributed by atoms with E-state index >= 15 is 4.39 Å². The van der Waals surface area contributed by atoms with Gasteiger partial charge in [-0.15, -0.1) is 0 Å². The molecule has 10 nitrogen and oxygen atoms in total. The van der Waals surface area contributed by atoms with Crippen LogP contribution in [0.4, 0.5) is 16.0 Å². The summed E-state index contributed by atoms with van der Waals surface area (Å²) in [5.74, 6) is 0.984. The molecule has 1 unspecified atom stereocenters. The molecule has 2 atom stereocenters. The summed E-state index contributed by atoms with van der Waals surface area (Å²) in [5.41, 5.74) is 10.8. The summed E-state index contributed by atoms with van der Waals surface area (Å²) in [6.07, 6.45) is 5.49. The molecule has 1 fully saturated rings. The highest BCUT2D eigenvalue weighted by Crippen LogP contribution is 2.46. The number of nitrogens with zero attached hydrogens (tertiary/aromatic N) is 6. The van der Waals surface area contributed by atoms with Crippen LogP contribution in [0.1, 0.15) is 62.2 Å². The Morgan fingerprint density at radius 3 is 2.74 bits per heavy atom. The van der Waals surface area contributed by atoms with Crippen molar-refractivity contribution in [3.8, 4) is 11.9 Å². The SMILES string of the molecule is COc1nc2c3c(nc(/C(=C(/C)C4CC4)c4cn[nH]c4C)c(F)c3n1)OC[C@H](C)N2C(C)c1cccnc1N. The van der Waals surface area contributed by atoms with E-state index in [9.17, 15) is 0 Å². The standard InChI is InChI=1S/C28H31FN8O2/c1-13-12-39-27-21-24(22(29)23(33-27)20(14(2)17-8-9-17)19-11-32-36-15(19)3)34-28(38-5)35-26(21)37(13)16(4)18-7-6-10-31-25(18)30/h6-7,10-11,13,16-17H,8-9,12H2,1-5H3,(H2,30,31)(H,32,36)/b20-14-/t13-,16?/m0/s1. The summed E-state index contributed by atoms with van der Waals surface area (Å²) in [6.45, 7) is 8.28. The second kappa shape index (κ2) is 9.48. The second-order valence-electron chi connectivity index (χ2n) is 10.3. The summed E-state index contributed by atoms with van der Waals surface area (Å²) in [6, 6.07) is 3.40. The Morgan fingerprint density at radius 1 is 1.28 bits per heavy atom. The Balaban J connectivity index is 1.62. The van der Waals surface area contributed by atoms with Crippen LogP contribution in [0.15, 0.2) is 30.1 Å². The van der Waals surface area contributed by atoms with E-state index in [1.165, 1.54) is 7.11 Å². The molecule has 1 aliphatic heterocycles. The van der Waals surface area contributed by atoms with Gasteiger partial charge in [0.25, 0.3) is 0 Å². The van der Waals surface area contributed by atoms with Crippen molar-refractivity contribution in [2.24, 2.45) is 5.92 Å². The van der Waals surface area contributed by atoms with Crippen molar-refractivity contribution < 1.29 is 13.9 Å². The van der Waals surface area contributed by atoms with Crippen LogP contribution >= 0.6 is 0 Å². The number of nitrogens with one attached hydrogen (secondary N) is 1. The minimum absolute atomic E-state index is 0.0499. The first-order valence-corrected chi connectivity index (χ1v) is 13.1. The van der Waals surface area contributed by atoms with Crippen LogP contribution in [0.5, 0.6) is 11.9 Å². The molecule has 0 spiro atoms. The molecule has 0 aromatic carbocycles. The first kappa shape index (κ1) is 25.0. The smallest absolute Gasteiger partial charge is 0.318 e. The van der Waals surface area contributed by atoms with Crippen molar-refractivity contribution in [1.82, 2.24) is 30.1 Å². The molecule has 4 aromatic heterocycles. The lowest BCUT2D eigenvalue weighted by molar-refractivity contribution is 0.281. The van der Waals surface area contributed by atoms with Gasteiger partial charge in [-0.2, -0.15) is 15.1 Å². The fraction of sp³-hybridized carbons (Fsp3) is 0.393. The highest BCUT2D eigenvalue weighted by atomic mass is 19.1. The van der Waals surface area contributed by atoms with Gasteiger partial charge in [0.2, 0.25) is 5.88 Å². The second-order valence-corrected chi connectivity index (χ2v) is 10.3. The molecule has 0 radical (unpaired) electrons. The van der Waals surface area contributed by atoms with E-state index in [4.69, 9.17) is 20.2 Å². The van der Waals surface area contributed by atoms with Gasteiger partial charge in [-0.05, 0) is 52.5 Å². The van der Waals surface area contributed by atoms with Crippen LogP contribution < -0.4 is 20.1 Å². The fourth-order valence-corrected chi connectivity index (χ4v) is 5.49. The highest BCUT2D eigenvalue weighted by molar-refractivity contribution is 5.98. The van der Waals surface area contributed by atoms with Gasteiger partial charge in [-0.25, -0.2) is 14.4 Å². The molecule has 11 heteroatoms. The fourth-order valence-electron chi connectivity index (χ4n) is 5.49. The van der Waals surface area contributed by atoms with Crippen molar-refractivity contribution in [1.29, 1.82) is 0 Å². The number of aromatic amines is 1. The van der Waals surface area contributed by atoms with Gasteiger partial charge in [-0.3, -0.25) is 5.10 Å². The number of nitrogen functional groups attached to an aromatic ring is 1. The molecular formula is C28H31FN8O2. The van der Waals surface area contributed by atoms with Crippen LogP contribution in [-0.4, -0.2) is 49.9 Å². The van der Waals surface area contributed by atoms with E-state index < -0.39 is 5.82 Å². The van der Waals surface area contributed by atoms with E-state index in [0.29, 0.717) is 35.1 Å². The number of methoxy groups -OCH3 is 1. The third-order valence-corrected chi connectivity index (χ3v) is 7.73. The highest BCUT2D eigenvalue weighted by Gasteiger charge is 2.36. The van der Waals surface area contributed by atoms with Crippen molar-refractivity contribution >= 4 is 28.1 Å². The molecule has 4 aromatic rings. The van der Waals surface area contributed by atoms with E-state index in [1.54, 1.807) is 12.4 Å². The molecule has 202 valence electrons. The van der Waals surface area contributed by atoms with E-state index in [-0.39, 0.29) is 35.2 Å². The van der Waals surface area contributed by atoms with E-state index in [2.05, 4.69) is 25.1 Å². The maximum absolute atomic E-state index is 16.7. The van der Waals surface area contributed by atoms with Gasteiger partial charge in [0, 0.05) is 28.6 Å². The lowest BCUT2D eigenvalue weighted by Crippen LogP contribution is -2.39. The Kier molecular flexibility index (Phi) is 6.08. The number of hydrogen-bond donors (Lipinski definition) is 2. The zero-order chi connectivity index (χ0) is 27.4. The Hall–Kier alpha value is -4.28. The average molecular weight is 531 g/mol. The molecule has 0 bridgehead atoms. The maximum atomic E-state index is 16.7. The zero-order valence-electron chi connectivity index (χ0n) is 22.6. The predicted molar refractivity (Wildman–Crippen MR) is 146 cm³/mol. The molecule has 1 saturated carbocycles. The summed E-state index contributed by atoms with van der Waals surface area (Å²) in [7, 11) is 1.47. The number of anilines is 2.